The highest BCUT2D eigenvalue weighted by Gasteiger charge is 2.24. The third-order valence-electron chi connectivity index (χ3n) is 3.51. The SMILES string of the molecule is COc1cc(C(=O)NCC(O)C2CCCC2)sc1Br. The van der Waals surface area contributed by atoms with Gasteiger partial charge in [0.2, 0.25) is 0 Å². The maximum absolute atomic E-state index is 12.0. The van der Waals surface area contributed by atoms with Gasteiger partial charge in [0, 0.05) is 12.6 Å². The van der Waals surface area contributed by atoms with E-state index in [2.05, 4.69) is 21.2 Å². The van der Waals surface area contributed by atoms with Gasteiger partial charge in [-0.25, -0.2) is 0 Å². The molecular formula is C13H18BrNO3S. The number of methoxy groups -OCH3 is 1. The van der Waals surface area contributed by atoms with Crippen LogP contribution >= 0.6 is 27.3 Å². The number of halogens is 1. The van der Waals surface area contributed by atoms with Crippen LogP contribution in [0.2, 0.25) is 0 Å². The first-order chi connectivity index (χ1) is 9.11. The van der Waals surface area contributed by atoms with Crippen LogP contribution in [0.4, 0.5) is 0 Å². The summed E-state index contributed by atoms with van der Waals surface area (Å²) in [7, 11) is 1.57. The standard InChI is InChI=1S/C13H18BrNO3S/c1-18-10-6-11(19-12(10)14)13(17)15-7-9(16)8-4-2-3-5-8/h6,8-9,16H,2-5,7H2,1H3,(H,15,17). The Morgan fingerprint density at radius 1 is 1.63 bits per heavy atom. The predicted octanol–water partition coefficient (Wildman–Crippen LogP) is 2.80. The van der Waals surface area contributed by atoms with Gasteiger partial charge in [0.15, 0.2) is 0 Å². The van der Waals surface area contributed by atoms with E-state index in [0.29, 0.717) is 23.1 Å². The Morgan fingerprint density at radius 2 is 2.32 bits per heavy atom. The van der Waals surface area contributed by atoms with Gasteiger partial charge >= 0.3 is 0 Å². The molecule has 0 aliphatic heterocycles. The lowest BCUT2D eigenvalue weighted by Crippen LogP contribution is -2.35. The molecule has 2 rings (SSSR count). The van der Waals surface area contributed by atoms with Crippen molar-refractivity contribution < 1.29 is 14.6 Å². The molecule has 0 aromatic carbocycles. The third kappa shape index (κ3) is 3.70. The minimum Gasteiger partial charge on any atom is -0.495 e. The van der Waals surface area contributed by atoms with Crippen LogP contribution in [0.5, 0.6) is 5.75 Å². The fourth-order valence-corrected chi connectivity index (χ4v) is 3.96. The smallest absolute Gasteiger partial charge is 0.261 e. The molecule has 1 saturated carbocycles. The van der Waals surface area contributed by atoms with E-state index in [1.54, 1.807) is 13.2 Å². The fraction of sp³-hybridized carbons (Fsp3) is 0.615. The second-order valence-corrected chi connectivity index (χ2v) is 7.14. The van der Waals surface area contributed by atoms with Crippen molar-refractivity contribution in [2.45, 2.75) is 31.8 Å². The second-order valence-electron chi connectivity index (χ2n) is 4.77. The number of hydrogen-bond acceptors (Lipinski definition) is 4. The highest BCUT2D eigenvalue weighted by molar-refractivity contribution is 9.11. The molecule has 1 aromatic rings. The van der Waals surface area contributed by atoms with Crippen molar-refractivity contribution in [3.05, 3.63) is 14.7 Å². The minimum atomic E-state index is -0.434. The van der Waals surface area contributed by atoms with E-state index < -0.39 is 6.10 Å². The molecule has 0 radical (unpaired) electrons. The number of aliphatic hydroxyl groups is 1. The molecule has 1 heterocycles. The molecule has 1 aliphatic rings. The number of rotatable bonds is 5. The summed E-state index contributed by atoms with van der Waals surface area (Å²) in [6.07, 6.45) is 4.07. The third-order valence-corrected chi connectivity index (χ3v) is 5.29. The Morgan fingerprint density at radius 3 is 2.89 bits per heavy atom. The van der Waals surface area contributed by atoms with Crippen molar-refractivity contribution in [3.63, 3.8) is 0 Å². The summed E-state index contributed by atoms with van der Waals surface area (Å²) >= 11 is 4.67. The molecule has 0 bridgehead atoms. The van der Waals surface area contributed by atoms with Crippen molar-refractivity contribution in [2.24, 2.45) is 5.92 Å². The number of thiophene rings is 1. The number of amides is 1. The van der Waals surface area contributed by atoms with E-state index in [0.717, 1.165) is 16.6 Å². The summed E-state index contributed by atoms with van der Waals surface area (Å²) in [5.74, 6) is 0.836. The monoisotopic (exact) mass is 347 g/mol. The molecule has 1 atom stereocenters. The van der Waals surface area contributed by atoms with Gasteiger partial charge in [-0.1, -0.05) is 12.8 Å². The number of hydrogen-bond donors (Lipinski definition) is 2. The molecule has 2 N–H and O–H groups in total. The molecule has 1 amide bonds. The maximum atomic E-state index is 12.0. The van der Waals surface area contributed by atoms with Crippen LogP contribution in [0.25, 0.3) is 0 Å². The second kappa shape index (κ2) is 6.72. The summed E-state index contributed by atoms with van der Waals surface area (Å²) in [5.41, 5.74) is 0. The first-order valence-corrected chi connectivity index (χ1v) is 8.02. The van der Waals surface area contributed by atoms with Crippen molar-refractivity contribution in [2.75, 3.05) is 13.7 Å². The molecule has 19 heavy (non-hydrogen) atoms. The Hall–Kier alpha value is -0.590. The topological polar surface area (TPSA) is 58.6 Å². The average molecular weight is 348 g/mol. The molecule has 4 nitrogen and oxygen atoms in total. The van der Waals surface area contributed by atoms with Crippen LogP contribution in [0.3, 0.4) is 0 Å². The molecular weight excluding hydrogens is 330 g/mol. The van der Waals surface area contributed by atoms with E-state index in [4.69, 9.17) is 4.74 Å². The van der Waals surface area contributed by atoms with E-state index in [-0.39, 0.29) is 5.91 Å². The molecule has 1 fully saturated rings. The summed E-state index contributed by atoms with van der Waals surface area (Å²) in [6, 6.07) is 1.70. The van der Waals surface area contributed by atoms with Crippen molar-refractivity contribution in [1.82, 2.24) is 5.32 Å². The highest BCUT2D eigenvalue weighted by atomic mass is 79.9. The van der Waals surface area contributed by atoms with Crippen LogP contribution in [0, 0.1) is 5.92 Å². The van der Waals surface area contributed by atoms with E-state index >= 15 is 0 Å². The normalized spacial score (nSPS) is 17.4. The van der Waals surface area contributed by atoms with Crippen LogP contribution in [0.1, 0.15) is 35.4 Å². The van der Waals surface area contributed by atoms with Crippen molar-refractivity contribution >= 4 is 33.2 Å². The number of nitrogens with one attached hydrogen (secondary N) is 1. The van der Waals surface area contributed by atoms with Gasteiger partial charge < -0.3 is 15.2 Å². The number of carbonyl (C=O) groups excluding carboxylic acids is 1. The summed E-state index contributed by atoms with van der Waals surface area (Å²) < 4.78 is 5.92. The first kappa shape index (κ1) is 14.8. The zero-order valence-corrected chi connectivity index (χ0v) is 13.2. The van der Waals surface area contributed by atoms with E-state index in [1.807, 2.05) is 0 Å². The number of ether oxygens (including phenoxy) is 1. The van der Waals surface area contributed by atoms with Crippen LogP contribution < -0.4 is 10.1 Å². The van der Waals surface area contributed by atoms with Crippen LogP contribution in [-0.4, -0.2) is 30.8 Å². The molecule has 0 spiro atoms. The molecule has 1 aromatic heterocycles. The van der Waals surface area contributed by atoms with Crippen LogP contribution in [0.15, 0.2) is 9.85 Å². The molecule has 6 heteroatoms. The van der Waals surface area contributed by atoms with Crippen molar-refractivity contribution in [1.29, 1.82) is 0 Å². The summed E-state index contributed by atoms with van der Waals surface area (Å²) in [5, 5.41) is 12.8. The highest BCUT2D eigenvalue weighted by Crippen LogP contribution is 2.34. The van der Waals surface area contributed by atoms with Gasteiger partial charge in [-0.05, 0) is 34.7 Å². The van der Waals surface area contributed by atoms with Gasteiger partial charge in [0.25, 0.3) is 5.91 Å². The Kier molecular flexibility index (Phi) is 5.24. The summed E-state index contributed by atoms with van der Waals surface area (Å²) in [6.45, 7) is 0.321. The molecule has 1 unspecified atom stereocenters. The summed E-state index contributed by atoms with van der Waals surface area (Å²) in [4.78, 5) is 12.5. The van der Waals surface area contributed by atoms with Crippen LogP contribution in [-0.2, 0) is 0 Å². The minimum absolute atomic E-state index is 0.161. The Labute approximate surface area is 125 Å². The lowest BCUT2D eigenvalue weighted by atomic mass is 10.0. The number of carbonyl (C=O) groups is 1. The van der Waals surface area contributed by atoms with Gasteiger partial charge in [0.05, 0.1) is 18.1 Å². The number of aliphatic hydroxyl groups excluding tert-OH is 1. The molecule has 106 valence electrons. The van der Waals surface area contributed by atoms with Gasteiger partial charge in [-0.2, -0.15) is 0 Å². The quantitative estimate of drug-likeness (QED) is 0.860. The van der Waals surface area contributed by atoms with Gasteiger partial charge in [-0.3, -0.25) is 4.79 Å². The zero-order chi connectivity index (χ0) is 13.8. The maximum Gasteiger partial charge on any atom is 0.261 e. The lowest BCUT2D eigenvalue weighted by molar-refractivity contribution is 0.0844. The Bertz CT molecular complexity index is 443. The molecule has 1 aliphatic carbocycles. The average Bonchev–Trinajstić information content (AvgIpc) is 3.04. The van der Waals surface area contributed by atoms with Gasteiger partial charge in [-0.15, -0.1) is 11.3 Å². The first-order valence-electron chi connectivity index (χ1n) is 6.41. The van der Waals surface area contributed by atoms with Gasteiger partial charge in [0.1, 0.15) is 9.54 Å². The molecule has 0 saturated heterocycles. The predicted molar refractivity (Wildman–Crippen MR) is 78.9 cm³/mol. The zero-order valence-electron chi connectivity index (χ0n) is 10.8. The van der Waals surface area contributed by atoms with Crippen molar-refractivity contribution in [3.8, 4) is 5.75 Å². The van der Waals surface area contributed by atoms with E-state index in [1.165, 1.54) is 24.2 Å². The largest absolute Gasteiger partial charge is 0.495 e. The fourth-order valence-electron chi connectivity index (χ4n) is 2.40. The Balaban J connectivity index is 1.86. The van der Waals surface area contributed by atoms with E-state index in [9.17, 15) is 9.90 Å². The lowest BCUT2D eigenvalue weighted by Gasteiger charge is -2.17.